The molecule has 10 heteroatoms. The van der Waals surface area contributed by atoms with Gasteiger partial charge >= 0.3 is 5.97 Å². The third-order valence-corrected chi connectivity index (χ3v) is 9.17. The number of fused-ring (bicyclic) bond motifs is 2. The van der Waals surface area contributed by atoms with E-state index >= 15 is 0 Å². The summed E-state index contributed by atoms with van der Waals surface area (Å²) in [5.41, 5.74) is -6.52. The molecule has 2 bridgehead atoms. The predicted octanol–water partition coefficient (Wildman–Crippen LogP) is -2.62. The zero-order valence-electron chi connectivity index (χ0n) is 16.4. The first-order chi connectivity index (χ1) is 13.9. The van der Waals surface area contributed by atoms with Crippen LogP contribution in [-0.4, -0.2) is 91.9 Å². The van der Waals surface area contributed by atoms with Crippen molar-refractivity contribution >= 4 is 11.8 Å². The molecule has 164 valence electrons. The first-order valence-electron chi connectivity index (χ1n) is 10.1. The Morgan fingerprint density at radius 1 is 1.07 bits per heavy atom. The molecule has 3 aliphatic carbocycles. The average molecular weight is 424 g/mol. The Morgan fingerprint density at radius 3 is 2.37 bits per heavy atom. The van der Waals surface area contributed by atoms with Crippen LogP contribution in [0.1, 0.15) is 20.3 Å². The first-order valence-corrected chi connectivity index (χ1v) is 10.1. The van der Waals surface area contributed by atoms with Gasteiger partial charge in [-0.05, 0) is 25.3 Å². The maximum Gasteiger partial charge on any atom is 0.338 e. The minimum atomic E-state index is -2.35. The van der Waals surface area contributed by atoms with Gasteiger partial charge in [-0.1, -0.05) is 12.5 Å². The smallest absolute Gasteiger partial charge is 0.338 e. The minimum Gasteiger partial charge on any atom is -0.460 e. The molecule has 0 aromatic heterocycles. The van der Waals surface area contributed by atoms with Gasteiger partial charge in [-0.2, -0.15) is 0 Å². The predicted molar refractivity (Wildman–Crippen MR) is 93.3 cm³/mol. The van der Waals surface area contributed by atoms with Crippen molar-refractivity contribution in [3.63, 3.8) is 0 Å². The molecule has 2 spiro atoms. The van der Waals surface area contributed by atoms with Crippen LogP contribution < -0.4 is 0 Å². The summed E-state index contributed by atoms with van der Waals surface area (Å²) >= 11 is 0. The van der Waals surface area contributed by atoms with Gasteiger partial charge in [0.2, 0.25) is 0 Å². The average Bonchev–Trinajstić information content (AvgIpc) is 3.44. The Balaban J connectivity index is 1.68. The summed E-state index contributed by atoms with van der Waals surface area (Å²) < 4.78 is 16.7. The summed E-state index contributed by atoms with van der Waals surface area (Å²) in [7, 11) is 0. The molecule has 2 saturated carbocycles. The summed E-state index contributed by atoms with van der Waals surface area (Å²) in [6.07, 6.45) is -4.96. The van der Waals surface area contributed by atoms with Crippen molar-refractivity contribution in [3.8, 4) is 0 Å². The molecule has 3 saturated heterocycles. The van der Waals surface area contributed by atoms with E-state index in [9.17, 15) is 35.1 Å². The number of aliphatic hydroxyl groups excluding tert-OH is 3. The number of allylic oxidation sites excluding steroid dienone is 1. The molecular weight excluding hydrogens is 400 g/mol. The molecule has 6 rings (SSSR count). The van der Waals surface area contributed by atoms with Crippen LogP contribution in [0, 0.1) is 22.7 Å². The van der Waals surface area contributed by atoms with Crippen LogP contribution in [0.4, 0.5) is 0 Å². The third kappa shape index (κ3) is 1.53. The normalized spacial score (nSPS) is 63.1. The summed E-state index contributed by atoms with van der Waals surface area (Å²) in [4.78, 5) is 25.2. The molecule has 11 atom stereocenters. The summed E-state index contributed by atoms with van der Waals surface area (Å²) in [6, 6.07) is 0. The highest BCUT2D eigenvalue weighted by Gasteiger charge is 2.94. The maximum atomic E-state index is 12.6. The van der Waals surface area contributed by atoms with Crippen LogP contribution in [0.15, 0.2) is 11.6 Å². The van der Waals surface area contributed by atoms with Crippen molar-refractivity contribution in [2.75, 3.05) is 13.2 Å². The second-order valence-electron chi connectivity index (χ2n) is 10.0. The summed E-state index contributed by atoms with van der Waals surface area (Å²) in [5.74, 6) is -5.64. The number of hydrogen-bond acceptors (Lipinski definition) is 10. The van der Waals surface area contributed by atoms with Gasteiger partial charge in [0.05, 0.1) is 18.6 Å². The number of hydrogen-bond donors (Lipinski definition) is 5. The fraction of sp³-hybridized carbons (Fsp3) is 0.800. The quantitative estimate of drug-likeness (QED) is 0.205. The van der Waals surface area contributed by atoms with Gasteiger partial charge in [0.15, 0.2) is 23.3 Å². The summed E-state index contributed by atoms with van der Waals surface area (Å²) in [5, 5.41) is 56.7. The molecule has 0 radical (unpaired) electrons. The monoisotopic (exact) mass is 424 g/mol. The molecule has 0 aromatic carbocycles. The molecule has 3 aliphatic heterocycles. The topological polar surface area (TPSA) is 166 Å². The third-order valence-electron chi connectivity index (χ3n) is 9.17. The molecule has 1 unspecified atom stereocenters. The molecule has 0 amide bonds. The fourth-order valence-electron chi connectivity index (χ4n) is 7.88. The van der Waals surface area contributed by atoms with Gasteiger partial charge in [-0.25, -0.2) is 4.79 Å². The highest BCUT2D eigenvalue weighted by atomic mass is 16.7. The number of ketones is 1. The van der Waals surface area contributed by atoms with Gasteiger partial charge < -0.3 is 39.7 Å². The lowest BCUT2D eigenvalue weighted by atomic mass is 9.36. The van der Waals surface area contributed by atoms with E-state index in [2.05, 4.69) is 0 Å². The van der Waals surface area contributed by atoms with Crippen LogP contribution in [-0.2, 0) is 23.8 Å². The fourth-order valence-corrected chi connectivity index (χ4v) is 7.88. The van der Waals surface area contributed by atoms with Crippen LogP contribution >= 0.6 is 0 Å². The molecular formula is C20H24O10. The number of esters is 1. The summed E-state index contributed by atoms with van der Waals surface area (Å²) in [6.45, 7) is 2.77. The van der Waals surface area contributed by atoms with E-state index in [0.29, 0.717) is 5.57 Å². The standard InChI is InChI=1S/C20H24O10/c1-7-3-9(21)11(22)16(2)8(7)4-10-17-5-29-19(26,14(16)17)15(25)18(6-28-18)20(17,27)12(23)13(24)30-10/h3,8,10-12,14-15,22-23,25-27H,4-6H2,1-2H3/t8-,10+,11+,12-,14?,15+,16+,17+,18+,19-,20-/m0/s1. The number of aliphatic hydroxyl groups is 5. The van der Waals surface area contributed by atoms with Crippen molar-refractivity contribution in [2.45, 2.75) is 61.7 Å². The number of ether oxygens (including phenoxy) is 3. The molecule has 3 heterocycles. The van der Waals surface area contributed by atoms with Gasteiger partial charge in [-0.15, -0.1) is 0 Å². The number of epoxide rings is 1. The van der Waals surface area contributed by atoms with Gasteiger partial charge in [0.25, 0.3) is 0 Å². The Hall–Kier alpha value is -1.40. The lowest BCUT2D eigenvalue weighted by molar-refractivity contribution is -0.379. The zero-order chi connectivity index (χ0) is 21.6. The van der Waals surface area contributed by atoms with E-state index in [1.54, 1.807) is 13.8 Å². The van der Waals surface area contributed by atoms with Crippen molar-refractivity contribution in [1.29, 1.82) is 0 Å². The van der Waals surface area contributed by atoms with Crippen molar-refractivity contribution in [1.82, 2.24) is 0 Å². The molecule has 5 N–H and O–H groups in total. The number of rotatable bonds is 0. The van der Waals surface area contributed by atoms with Crippen LogP contribution in [0.3, 0.4) is 0 Å². The molecule has 6 aliphatic rings. The lowest BCUT2D eigenvalue weighted by Gasteiger charge is -2.70. The van der Waals surface area contributed by atoms with Gasteiger partial charge in [0.1, 0.15) is 23.9 Å². The van der Waals surface area contributed by atoms with E-state index in [1.165, 1.54) is 6.08 Å². The van der Waals surface area contributed by atoms with Gasteiger partial charge in [-0.3, -0.25) is 4.79 Å². The van der Waals surface area contributed by atoms with Crippen LogP contribution in [0.2, 0.25) is 0 Å². The van der Waals surface area contributed by atoms with Gasteiger partial charge in [0, 0.05) is 11.3 Å². The minimum absolute atomic E-state index is 0.145. The van der Waals surface area contributed by atoms with Crippen molar-refractivity contribution in [3.05, 3.63) is 11.6 Å². The molecule has 30 heavy (non-hydrogen) atoms. The second kappa shape index (κ2) is 4.98. The Morgan fingerprint density at radius 2 is 1.73 bits per heavy atom. The van der Waals surface area contributed by atoms with Crippen molar-refractivity contribution in [2.24, 2.45) is 22.7 Å². The van der Waals surface area contributed by atoms with E-state index < -0.39 is 75.8 Å². The largest absolute Gasteiger partial charge is 0.460 e. The Bertz CT molecular complexity index is 927. The van der Waals surface area contributed by atoms with Crippen LogP contribution in [0.5, 0.6) is 0 Å². The van der Waals surface area contributed by atoms with E-state index in [-0.39, 0.29) is 19.6 Å². The lowest BCUT2D eigenvalue weighted by Crippen LogP contribution is -2.87. The Labute approximate surface area is 171 Å². The number of carbonyl (C=O) groups excluding carboxylic acids is 2. The molecule has 10 nitrogen and oxygen atoms in total. The molecule has 5 fully saturated rings. The van der Waals surface area contributed by atoms with Crippen LogP contribution in [0.25, 0.3) is 0 Å². The highest BCUT2D eigenvalue weighted by Crippen LogP contribution is 2.77. The maximum absolute atomic E-state index is 12.6. The second-order valence-corrected chi connectivity index (χ2v) is 10.0. The SMILES string of the molecule is CC1=CC(=O)[C@@H](O)[C@]2(C)C3[C@]4(O)OC[C@@]35[C@@H](C[C@@H]12)OC(=O)[C@H](O)[C@@]5(O)[C@@]1(CO1)[C@H]4O. The van der Waals surface area contributed by atoms with Crippen molar-refractivity contribution < 1.29 is 49.3 Å². The van der Waals surface area contributed by atoms with E-state index in [4.69, 9.17) is 14.2 Å². The Kier molecular flexibility index (Phi) is 3.21. The van der Waals surface area contributed by atoms with E-state index in [1.807, 2.05) is 0 Å². The van der Waals surface area contributed by atoms with E-state index in [0.717, 1.165) is 0 Å². The zero-order valence-corrected chi connectivity index (χ0v) is 16.4. The highest BCUT2D eigenvalue weighted by molar-refractivity contribution is 5.96. The first kappa shape index (κ1) is 19.3. The molecule has 0 aromatic rings. The number of carbonyl (C=O) groups is 2.